The number of amidine groups is 1. The Morgan fingerprint density at radius 3 is 2.23 bits per heavy atom. The largest absolute Gasteiger partial charge is 0.360 e. The molecule has 3 heteroatoms. The summed E-state index contributed by atoms with van der Waals surface area (Å²) in [6.07, 6.45) is 0. The molecule has 0 atom stereocenters. The fourth-order valence-electron chi connectivity index (χ4n) is 2.57. The lowest BCUT2D eigenvalue weighted by Gasteiger charge is -2.25. The summed E-state index contributed by atoms with van der Waals surface area (Å²) >= 11 is 0. The number of hydrogen-bond donors (Lipinski definition) is 1. The van der Waals surface area contributed by atoms with Crippen molar-refractivity contribution < 1.29 is 0 Å². The lowest BCUT2D eigenvalue weighted by Crippen LogP contribution is -2.27. The Morgan fingerprint density at radius 1 is 1.00 bits per heavy atom. The van der Waals surface area contributed by atoms with Gasteiger partial charge in [0.1, 0.15) is 5.84 Å². The number of anilines is 2. The first-order chi connectivity index (χ1) is 10.5. The van der Waals surface area contributed by atoms with E-state index in [1.165, 1.54) is 16.9 Å². The van der Waals surface area contributed by atoms with Gasteiger partial charge in [-0.25, -0.2) is 0 Å². The highest BCUT2D eigenvalue weighted by atomic mass is 15.1. The Morgan fingerprint density at radius 2 is 1.64 bits per heavy atom. The molecule has 0 aliphatic rings. The van der Waals surface area contributed by atoms with Gasteiger partial charge in [0.25, 0.3) is 0 Å². The summed E-state index contributed by atoms with van der Waals surface area (Å²) in [5, 5.41) is 8.33. The molecular formula is C19H25N3. The lowest BCUT2D eigenvalue weighted by molar-refractivity contribution is 0.532. The van der Waals surface area contributed by atoms with Crippen molar-refractivity contribution in [2.75, 3.05) is 25.5 Å². The molecule has 0 heterocycles. The summed E-state index contributed by atoms with van der Waals surface area (Å²) in [6.45, 7) is 7.09. The van der Waals surface area contributed by atoms with Crippen LogP contribution in [0, 0.1) is 19.3 Å². The fourth-order valence-corrected chi connectivity index (χ4v) is 2.57. The lowest BCUT2D eigenvalue weighted by atomic mass is 10.0. The van der Waals surface area contributed by atoms with E-state index in [4.69, 9.17) is 5.41 Å². The number of aryl methyl sites for hydroxylation is 2. The van der Waals surface area contributed by atoms with Crippen LogP contribution in [0.3, 0.4) is 0 Å². The van der Waals surface area contributed by atoms with Gasteiger partial charge in [0.15, 0.2) is 0 Å². The normalized spacial score (nSPS) is 10.4. The average Bonchev–Trinajstić information content (AvgIpc) is 2.55. The second-order valence-electron chi connectivity index (χ2n) is 5.71. The molecule has 0 aliphatic heterocycles. The summed E-state index contributed by atoms with van der Waals surface area (Å²) in [5.74, 6) is 0.581. The molecule has 0 spiro atoms. The Bertz CT molecular complexity index is 662. The van der Waals surface area contributed by atoms with E-state index in [-0.39, 0.29) is 0 Å². The van der Waals surface area contributed by atoms with Gasteiger partial charge in [-0.1, -0.05) is 18.2 Å². The zero-order chi connectivity index (χ0) is 16.3. The highest BCUT2D eigenvalue weighted by molar-refractivity contribution is 5.98. The Hall–Kier alpha value is -2.29. The number of hydrogen-bond acceptors (Lipinski definition) is 2. The molecular weight excluding hydrogens is 270 g/mol. The third-order valence-electron chi connectivity index (χ3n) is 4.16. The van der Waals surface area contributed by atoms with Gasteiger partial charge in [-0.05, 0) is 56.2 Å². The van der Waals surface area contributed by atoms with E-state index in [1.54, 1.807) is 0 Å². The van der Waals surface area contributed by atoms with Gasteiger partial charge in [-0.2, -0.15) is 0 Å². The van der Waals surface area contributed by atoms with Crippen LogP contribution in [0.1, 0.15) is 23.6 Å². The Kier molecular flexibility index (Phi) is 4.86. The van der Waals surface area contributed by atoms with E-state index in [1.807, 2.05) is 30.1 Å². The maximum Gasteiger partial charge on any atom is 0.128 e. The van der Waals surface area contributed by atoms with Crippen molar-refractivity contribution in [2.24, 2.45) is 0 Å². The molecule has 0 aromatic heterocycles. The van der Waals surface area contributed by atoms with E-state index in [9.17, 15) is 0 Å². The minimum absolute atomic E-state index is 0.581. The van der Waals surface area contributed by atoms with Crippen LogP contribution in [0.25, 0.3) is 0 Å². The molecule has 0 aliphatic carbocycles. The number of nitrogens with zero attached hydrogens (tertiary/aromatic N) is 2. The first-order valence-electron chi connectivity index (χ1n) is 7.65. The van der Waals surface area contributed by atoms with Gasteiger partial charge in [0.05, 0.1) is 0 Å². The number of rotatable bonds is 4. The molecule has 22 heavy (non-hydrogen) atoms. The minimum atomic E-state index is 0.581. The summed E-state index contributed by atoms with van der Waals surface area (Å²) in [4.78, 5) is 4.15. The van der Waals surface area contributed by atoms with Gasteiger partial charge >= 0.3 is 0 Å². The number of para-hydroxylation sites is 1. The number of nitrogens with one attached hydrogen (secondary N) is 1. The molecule has 1 N–H and O–H groups in total. The van der Waals surface area contributed by atoms with Crippen molar-refractivity contribution in [1.29, 1.82) is 5.41 Å². The fraction of sp³-hybridized carbons (Fsp3) is 0.316. The van der Waals surface area contributed by atoms with Crippen molar-refractivity contribution in [3.63, 3.8) is 0 Å². The van der Waals surface area contributed by atoms with E-state index < -0.39 is 0 Å². The predicted molar refractivity (Wildman–Crippen MR) is 95.6 cm³/mol. The maximum atomic E-state index is 8.33. The molecule has 0 unspecified atom stereocenters. The summed E-state index contributed by atoms with van der Waals surface area (Å²) in [7, 11) is 4.04. The molecule has 0 saturated heterocycles. The molecule has 0 radical (unpaired) electrons. The molecule has 3 nitrogen and oxygen atoms in total. The smallest absolute Gasteiger partial charge is 0.128 e. The maximum absolute atomic E-state index is 8.33. The van der Waals surface area contributed by atoms with E-state index in [2.05, 4.69) is 57.0 Å². The zero-order valence-corrected chi connectivity index (χ0v) is 14.1. The quantitative estimate of drug-likeness (QED) is 0.671. The topological polar surface area (TPSA) is 30.3 Å². The summed E-state index contributed by atoms with van der Waals surface area (Å²) in [5.41, 5.74) is 5.67. The molecule has 0 fully saturated rings. The van der Waals surface area contributed by atoms with Crippen LogP contribution in [0.5, 0.6) is 0 Å². The van der Waals surface area contributed by atoms with Gasteiger partial charge in [-0.15, -0.1) is 0 Å². The van der Waals surface area contributed by atoms with Crippen LogP contribution >= 0.6 is 0 Å². The molecule has 2 rings (SSSR count). The Labute approximate surface area is 133 Å². The van der Waals surface area contributed by atoms with Crippen LogP contribution in [-0.4, -0.2) is 31.4 Å². The number of benzene rings is 2. The van der Waals surface area contributed by atoms with Crippen molar-refractivity contribution in [3.05, 3.63) is 59.2 Å². The van der Waals surface area contributed by atoms with Crippen molar-refractivity contribution in [2.45, 2.75) is 20.8 Å². The van der Waals surface area contributed by atoms with E-state index >= 15 is 0 Å². The van der Waals surface area contributed by atoms with Crippen molar-refractivity contribution in [1.82, 2.24) is 4.90 Å². The standard InChI is InChI=1S/C19H25N3/c1-6-21(4)19(20)17-12-15(3)18(13-14(17)2)22(5)16-10-8-7-9-11-16/h7-13,20H,6H2,1-5H3. The van der Waals surface area contributed by atoms with Crippen molar-refractivity contribution >= 4 is 17.2 Å². The molecule has 2 aromatic rings. The monoisotopic (exact) mass is 295 g/mol. The van der Waals surface area contributed by atoms with Crippen LogP contribution in [0.2, 0.25) is 0 Å². The highest BCUT2D eigenvalue weighted by Gasteiger charge is 2.14. The third-order valence-corrected chi connectivity index (χ3v) is 4.16. The zero-order valence-electron chi connectivity index (χ0n) is 14.1. The van der Waals surface area contributed by atoms with Gasteiger partial charge in [0, 0.05) is 37.6 Å². The molecule has 0 saturated carbocycles. The van der Waals surface area contributed by atoms with Gasteiger partial charge < -0.3 is 9.80 Å². The van der Waals surface area contributed by atoms with Crippen LogP contribution in [-0.2, 0) is 0 Å². The summed E-state index contributed by atoms with van der Waals surface area (Å²) < 4.78 is 0. The third kappa shape index (κ3) is 3.14. The predicted octanol–water partition coefficient (Wildman–Crippen LogP) is 4.35. The highest BCUT2D eigenvalue weighted by Crippen LogP contribution is 2.29. The van der Waals surface area contributed by atoms with Crippen LogP contribution in [0.4, 0.5) is 11.4 Å². The molecule has 0 amide bonds. The second-order valence-corrected chi connectivity index (χ2v) is 5.71. The van der Waals surface area contributed by atoms with E-state index in [0.29, 0.717) is 5.84 Å². The first kappa shape index (κ1) is 16.1. The van der Waals surface area contributed by atoms with E-state index in [0.717, 1.165) is 17.7 Å². The average molecular weight is 295 g/mol. The van der Waals surface area contributed by atoms with Gasteiger partial charge in [0.2, 0.25) is 0 Å². The SMILES string of the molecule is CCN(C)C(=N)c1cc(C)c(N(C)c2ccccc2)cc1C. The minimum Gasteiger partial charge on any atom is -0.360 e. The summed E-state index contributed by atoms with van der Waals surface area (Å²) in [6, 6.07) is 14.6. The van der Waals surface area contributed by atoms with Crippen molar-refractivity contribution in [3.8, 4) is 0 Å². The van der Waals surface area contributed by atoms with Crippen LogP contribution < -0.4 is 4.90 Å². The molecule has 0 bridgehead atoms. The molecule has 116 valence electrons. The first-order valence-corrected chi connectivity index (χ1v) is 7.65. The molecule has 2 aromatic carbocycles. The van der Waals surface area contributed by atoms with Gasteiger partial charge in [-0.3, -0.25) is 5.41 Å². The Balaban J connectivity index is 2.40. The second kappa shape index (κ2) is 6.65. The van der Waals surface area contributed by atoms with Crippen LogP contribution in [0.15, 0.2) is 42.5 Å².